The Balaban J connectivity index is 1.63. The van der Waals surface area contributed by atoms with E-state index in [1.165, 1.54) is 4.90 Å². The average molecular weight is 421 g/mol. The first-order valence-electron chi connectivity index (χ1n) is 10.5. The highest BCUT2D eigenvalue weighted by Gasteiger charge is 2.16. The second kappa shape index (κ2) is 10.5. The van der Waals surface area contributed by atoms with Crippen molar-refractivity contribution in [2.75, 3.05) is 18.6 Å². The first kappa shape index (κ1) is 22.2. The minimum absolute atomic E-state index is 0.0172. The van der Waals surface area contributed by atoms with E-state index in [2.05, 4.69) is 11.9 Å². The van der Waals surface area contributed by atoms with E-state index in [0.717, 1.165) is 29.6 Å². The number of amides is 1. The number of esters is 1. The van der Waals surface area contributed by atoms with Crippen LogP contribution >= 0.6 is 0 Å². The molecule has 0 spiro atoms. The van der Waals surface area contributed by atoms with Gasteiger partial charge in [0.2, 0.25) is 0 Å². The molecule has 31 heavy (non-hydrogen) atoms. The molecule has 0 atom stereocenters. The molecule has 3 aromatic rings. The van der Waals surface area contributed by atoms with Crippen LogP contribution in [0, 0.1) is 0 Å². The van der Waals surface area contributed by atoms with E-state index in [0.29, 0.717) is 12.2 Å². The highest BCUT2D eigenvalue weighted by molar-refractivity contribution is 5.94. The monoisotopic (exact) mass is 421 g/mol. The summed E-state index contributed by atoms with van der Waals surface area (Å²) in [4.78, 5) is 43.2. The van der Waals surface area contributed by atoms with Gasteiger partial charge in [0.25, 0.3) is 11.5 Å². The fraction of sp³-hybridized carbons (Fsp3) is 0.333. The van der Waals surface area contributed by atoms with E-state index >= 15 is 0 Å². The Labute approximate surface area is 181 Å². The number of para-hydroxylation sites is 3. The third kappa shape index (κ3) is 5.57. The average Bonchev–Trinajstić information content (AvgIpc) is 2.80. The predicted molar refractivity (Wildman–Crippen MR) is 120 cm³/mol. The van der Waals surface area contributed by atoms with Crippen LogP contribution in [0.4, 0.5) is 5.69 Å². The maximum absolute atomic E-state index is 12.9. The van der Waals surface area contributed by atoms with Gasteiger partial charge in [-0.05, 0) is 30.7 Å². The third-order valence-corrected chi connectivity index (χ3v) is 5.10. The maximum Gasteiger partial charge on any atom is 0.306 e. The van der Waals surface area contributed by atoms with Crippen LogP contribution in [-0.2, 0) is 27.3 Å². The molecule has 1 heterocycles. The number of nitrogens with zero attached hydrogens (tertiary/aromatic N) is 3. The molecule has 0 N–H and O–H groups in total. The van der Waals surface area contributed by atoms with Gasteiger partial charge in [-0.15, -0.1) is 0 Å². The number of anilines is 1. The number of ether oxygens (including phenoxy) is 1. The van der Waals surface area contributed by atoms with Crippen LogP contribution in [-0.4, -0.2) is 35.1 Å². The molecule has 0 aliphatic rings. The van der Waals surface area contributed by atoms with E-state index < -0.39 is 5.97 Å². The van der Waals surface area contributed by atoms with Crippen LogP contribution in [0.1, 0.15) is 31.9 Å². The van der Waals surface area contributed by atoms with Gasteiger partial charge < -0.3 is 14.2 Å². The Morgan fingerprint density at radius 1 is 1.06 bits per heavy atom. The van der Waals surface area contributed by atoms with Gasteiger partial charge in [-0.2, -0.15) is 0 Å². The SMILES string of the molecule is CCCCn1c(=O)c(CCC(=O)OCC(=O)N(C)c2ccccc2)nc2ccccc21. The molecule has 0 fully saturated rings. The molecule has 0 aliphatic heterocycles. The van der Waals surface area contributed by atoms with Crippen molar-refractivity contribution in [2.24, 2.45) is 0 Å². The first-order chi connectivity index (χ1) is 15.0. The van der Waals surface area contributed by atoms with Crippen molar-refractivity contribution < 1.29 is 14.3 Å². The van der Waals surface area contributed by atoms with Crippen LogP contribution in [0.3, 0.4) is 0 Å². The summed E-state index contributed by atoms with van der Waals surface area (Å²) in [6.07, 6.45) is 2.00. The Bertz CT molecular complexity index is 1110. The van der Waals surface area contributed by atoms with Crippen molar-refractivity contribution in [3.63, 3.8) is 0 Å². The van der Waals surface area contributed by atoms with Gasteiger partial charge in [-0.25, -0.2) is 4.98 Å². The summed E-state index contributed by atoms with van der Waals surface area (Å²) in [6, 6.07) is 16.6. The summed E-state index contributed by atoms with van der Waals surface area (Å²) in [5.41, 5.74) is 2.39. The second-order valence-corrected chi connectivity index (χ2v) is 7.31. The number of carbonyl (C=O) groups is 2. The fourth-order valence-electron chi connectivity index (χ4n) is 3.27. The van der Waals surface area contributed by atoms with Crippen molar-refractivity contribution in [1.29, 1.82) is 0 Å². The van der Waals surface area contributed by atoms with Crippen molar-refractivity contribution in [3.8, 4) is 0 Å². The molecule has 0 saturated carbocycles. The molecule has 7 heteroatoms. The Hall–Kier alpha value is -3.48. The minimum Gasteiger partial charge on any atom is -0.456 e. The summed E-state index contributed by atoms with van der Waals surface area (Å²) < 4.78 is 6.85. The lowest BCUT2D eigenvalue weighted by Crippen LogP contribution is -2.31. The molecule has 0 bridgehead atoms. The summed E-state index contributed by atoms with van der Waals surface area (Å²) in [5.74, 6) is -0.866. The van der Waals surface area contributed by atoms with E-state index in [1.807, 2.05) is 42.5 Å². The third-order valence-electron chi connectivity index (χ3n) is 5.10. The highest BCUT2D eigenvalue weighted by atomic mass is 16.5. The lowest BCUT2D eigenvalue weighted by Gasteiger charge is -2.17. The van der Waals surface area contributed by atoms with Gasteiger partial charge in [-0.1, -0.05) is 43.7 Å². The van der Waals surface area contributed by atoms with Gasteiger partial charge in [-0.3, -0.25) is 14.4 Å². The number of aromatic nitrogens is 2. The smallest absolute Gasteiger partial charge is 0.306 e. The molecule has 162 valence electrons. The van der Waals surface area contributed by atoms with Gasteiger partial charge >= 0.3 is 5.97 Å². The van der Waals surface area contributed by atoms with Gasteiger partial charge in [0.05, 0.1) is 17.5 Å². The number of likely N-dealkylation sites (N-methyl/N-ethyl adjacent to an activating group) is 1. The lowest BCUT2D eigenvalue weighted by atomic mass is 10.2. The number of aryl methyl sites for hydroxylation is 2. The van der Waals surface area contributed by atoms with E-state index in [4.69, 9.17) is 4.74 Å². The van der Waals surface area contributed by atoms with E-state index in [9.17, 15) is 14.4 Å². The summed E-state index contributed by atoms with van der Waals surface area (Å²) in [7, 11) is 1.63. The van der Waals surface area contributed by atoms with Crippen LogP contribution in [0.15, 0.2) is 59.4 Å². The predicted octanol–water partition coefficient (Wildman–Crippen LogP) is 3.34. The zero-order chi connectivity index (χ0) is 22.2. The molecular formula is C24H27N3O4. The van der Waals surface area contributed by atoms with Crippen LogP contribution in [0.25, 0.3) is 11.0 Å². The quantitative estimate of drug-likeness (QED) is 0.495. The zero-order valence-electron chi connectivity index (χ0n) is 17.9. The van der Waals surface area contributed by atoms with E-state index in [-0.39, 0.29) is 30.9 Å². The second-order valence-electron chi connectivity index (χ2n) is 7.31. The number of fused-ring (bicyclic) bond motifs is 1. The number of hydrogen-bond acceptors (Lipinski definition) is 5. The highest BCUT2D eigenvalue weighted by Crippen LogP contribution is 2.13. The number of unbranched alkanes of at least 4 members (excludes halogenated alkanes) is 1. The van der Waals surface area contributed by atoms with Crippen molar-refractivity contribution in [2.45, 2.75) is 39.2 Å². The molecule has 7 nitrogen and oxygen atoms in total. The van der Waals surface area contributed by atoms with Crippen LogP contribution in [0.5, 0.6) is 0 Å². The maximum atomic E-state index is 12.9. The molecule has 1 amide bonds. The molecule has 1 aromatic heterocycles. The molecule has 0 saturated heterocycles. The van der Waals surface area contributed by atoms with E-state index in [1.54, 1.807) is 23.7 Å². The summed E-state index contributed by atoms with van der Waals surface area (Å²) in [6.45, 7) is 2.33. The number of hydrogen-bond donors (Lipinski definition) is 0. The topological polar surface area (TPSA) is 81.5 Å². The minimum atomic E-state index is -0.538. The zero-order valence-corrected chi connectivity index (χ0v) is 17.9. The molecule has 0 unspecified atom stereocenters. The van der Waals surface area contributed by atoms with Gasteiger partial charge in [0.15, 0.2) is 6.61 Å². The Kier molecular flexibility index (Phi) is 7.54. The lowest BCUT2D eigenvalue weighted by molar-refractivity contribution is -0.147. The molecule has 0 aliphatic carbocycles. The molecular weight excluding hydrogens is 394 g/mol. The van der Waals surface area contributed by atoms with Crippen LogP contribution in [0.2, 0.25) is 0 Å². The van der Waals surface area contributed by atoms with Crippen molar-refractivity contribution in [1.82, 2.24) is 9.55 Å². The van der Waals surface area contributed by atoms with Crippen molar-refractivity contribution in [3.05, 3.63) is 70.6 Å². The standard InChI is InChI=1S/C24H27N3O4/c1-3-4-16-27-21-13-9-8-12-19(21)25-20(24(27)30)14-15-23(29)31-17-22(28)26(2)18-10-6-5-7-11-18/h5-13H,3-4,14-17H2,1-2H3. The largest absolute Gasteiger partial charge is 0.456 e. The van der Waals surface area contributed by atoms with Gasteiger partial charge in [0, 0.05) is 25.7 Å². The first-order valence-corrected chi connectivity index (χ1v) is 10.5. The van der Waals surface area contributed by atoms with Crippen molar-refractivity contribution >= 4 is 28.6 Å². The molecule has 2 aromatic carbocycles. The summed E-state index contributed by atoms with van der Waals surface area (Å²) in [5, 5.41) is 0. The molecule has 3 rings (SSSR count). The molecule has 0 radical (unpaired) electrons. The number of rotatable bonds is 9. The number of carbonyl (C=O) groups excluding carboxylic acids is 2. The normalized spacial score (nSPS) is 10.8. The number of benzene rings is 2. The fourth-order valence-corrected chi connectivity index (χ4v) is 3.27. The Morgan fingerprint density at radius 2 is 1.77 bits per heavy atom. The summed E-state index contributed by atoms with van der Waals surface area (Å²) >= 11 is 0. The van der Waals surface area contributed by atoms with Gasteiger partial charge in [0.1, 0.15) is 5.69 Å². The Morgan fingerprint density at radius 3 is 2.52 bits per heavy atom. The van der Waals surface area contributed by atoms with Crippen LogP contribution < -0.4 is 10.5 Å².